The third kappa shape index (κ3) is 3.19. The predicted octanol–water partition coefficient (Wildman–Crippen LogP) is 5.16. The molecule has 0 unspecified atom stereocenters. The molecule has 116 valence electrons. The second-order valence-corrected chi connectivity index (χ2v) is 6.93. The summed E-state index contributed by atoms with van der Waals surface area (Å²) in [4.78, 5) is 2.52. The second kappa shape index (κ2) is 6.97. The molecule has 1 aromatic carbocycles. The molecule has 3 heteroatoms. The highest BCUT2D eigenvalue weighted by molar-refractivity contribution is 9.10. The van der Waals surface area contributed by atoms with Gasteiger partial charge in [-0.2, -0.15) is 0 Å². The van der Waals surface area contributed by atoms with Gasteiger partial charge in [-0.15, -0.1) is 0 Å². The third-order valence-electron chi connectivity index (χ3n) is 4.52. The first-order valence-electron chi connectivity index (χ1n) is 8.06. The van der Waals surface area contributed by atoms with Crippen LogP contribution in [0.2, 0.25) is 0 Å². The van der Waals surface area contributed by atoms with Gasteiger partial charge in [0.2, 0.25) is 0 Å². The minimum Gasteiger partial charge on any atom is -0.358 e. The molecule has 0 radical (unpaired) electrons. The average Bonchev–Trinajstić information content (AvgIpc) is 2.74. The highest BCUT2D eigenvalue weighted by atomic mass is 79.9. The molecule has 0 amide bonds. The largest absolute Gasteiger partial charge is 0.358 e. The van der Waals surface area contributed by atoms with E-state index in [9.17, 15) is 0 Å². The van der Waals surface area contributed by atoms with E-state index in [1.54, 1.807) is 0 Å². The Balaban J connectivity index is 0.000000497. The number of fused-ring (bicyclic) bond motifs is 2. The Morgan fingerprint density at radius 3 is 2.43 bits per heavy atom. The predicted molar refractivity (Wildman–Crippen MR) is 95.9 cm³/mol. The van der Waals surface area contributed by atoms with Crippen LogP contribution in [0.25, 0.3) is 0 Å². The summed E-state index contributed by atoms with van der Waals surface area (Å²) < 4.78 is 1.16. The smallest absolute Gasteiger partial charge is 0.0424 e. The maximum Gasteiger partial charge on any atom is 0.0424 e. The average molecular weight is 351 g/mol. The quantitative estimate of drug-likeness (QED) is 0.752. The van der Waals surface area contributed by atoms with Crippen LogP contribution in [-0.2, 0) is 5.41 Å². The van der Waals surface area contributed by atoms with Crippen molar-refractivity contribution in [2.24, 2.45) is 0 Å². The van der Waals surface area contributed by atoms with Gasteiger partial charge in [-0.1, -0.05) is 49.7 Å². The zero-order valence-corrected chi connectivity index (χ0v) is 15.1. The minimum absolute atomic E-state index is 0.158. The van der Waals surface area contributed by atoms with Crippen molar-refractivity contribution in [3.63, 3.8) is 0 Å². The van der Waals surface area contributed by atoms with Crippen molar-refractivity contribution < 1.29 is 0 Å². The molecule has 2 nitrogen and oxygen atoms in total. The highest BCUT2D eigenvalue weighted by Crippen LogP contribution is 2.49. The molecule has 0 saturated carbocycles. The molecule has 3 rings (SSSR count). The molecular formula is C18H27BrN2. The monoisotopic (exact) mass is 350 g/mol. The summed E-state index contributed by atoms with van der Waals surface area (Å²) >= 11 is 3.59. The Labute approximate surface area is 137 Å². The first-order valence-corrected chi connectivity index (χ1v) is 8.85. The highest BCUT2D eigenvalue weighted by Gasteiger charge is 2.44. The lowest BCUT2D eigenvalue weighted by Gasteiger charge is -2.39. The van der Waals surface area contributed by atoms with Gasteiger partial charge in [-0.05, 0) is 56.2 Å². The Hall–Kier alpha value is -0.800. The third-order valence-corrected chi connectivity index (χ3v) is 5.01. The van der Waals surface area contributed by atoms with Gasteiger partial charge in [0.1, 0.15) is 0 Å². The first kappa shape index (κ1) is 16.6. The van der Waals surface area contributed by atoms with Crippen LogP contribution in [0.1, 0.15) is 45.6 Å². The molecule has 1 saturated heterocycles. The standard InChI is InChI=1S/C15H19BrN2.C3H8/c1-3-18-8-6-15(7-9-18)11(2)17-14-5-4-12(16)10-13(14)15;1-3-2/h4-5,10,17H,2-3,6-9H2,1H3;3H2,1-2H3. The van der Waals surface area contributed by atoms with E-state index in [-0.39, 0.29) is 5.41 Å². The number of hydrogen-bond acceptors (Lipinski definition) is 2. The topological polar surface area (TPSA) is 15.3 Å². The van der Waals surface area contributed by atoms with Crippen molar-refractivity contribution in [1.82, 2.24) is 4.90 Å². The molecule has 2 aliphatic rings. The number of benzene rings is 1. The summed E-state index contributed by atoms with van der Waals surface area (Å²) in [6, 6.07) is 6.52. The van der Waals surface area contributed by atoms with E-state index in [1.807, 2.05) is 0 Å². The summed E-state index contributed by atoms with van der Waals surface area (Å²) in [6.07, 6.45) is 3.60. The van der Waals surface area contributed by atoms with Crippen LogP contribution in [0.15, 0.2) is 34.9 Å². The van der Waals surface area contributed by atoms with Gasteiger partial charge in [-0.3, -0.25) is 0 Å². The second-order valence-electron chi connectivity index (χ2n) is 6.02. The number of nitrogens with zero attached hydrogens (tertiary/aromatic N) is 1. The molecule has 0 atom stereocenters. The fraction of sp³-hybridized carbons (Fsp3) is 0.556. The van der Waals surface area contributed by atoms with Crippen LogP contribution in [0.3, 0.4) is 0 Å². The van der Waals surface area contributed by atoms with Crippen molar-refractivity contribution in [1.29, 1.82) is 0 Å². The summed E-state index contributed by atoms with van der Waals surface area (Å²) in [5, 5.41) is 3.48. The lowest BCUT2D eigenvalue weighted by molar-refractivity contribution is 0.188. The van der Waals surface area contributed by atoms with Crippen molar-refractivity contribution in [2.75, 3.05) is 25.0 Å². The molecule has 2 heterocycles. The number of allylic oxidation sites excluding steroid dienone is 1. The number of anilines is 1. The first-order chi connectivity index (χ1) is 10.1. The van der Waals surface area contributed by atoms with E-state index in [4.69, 9.17) is 0 Å². The van der Waals surface area contributed by atoms with Crippen LogP contribution >= 0.6 is 15.9 Å². The van der Waals surface area contributed by atoms with E-state index in [0.29, 0.717) is 0 Å². The van der Waals surface area contributed by atoms with Crippen LogP contribution in [-0.4, -0.2) is 24.5 Å². The van der Waals surface area contributed by atoms with Gasteiger partial charge >= 0.3 is 0 Å². The molecule has 1 fully saturated rings. The summed E-state index contributed by atoms with van der Waals surface area (Å²) in [7, 11) is 0. The fourth-order valence-electron chi connectivity index (χ4n) is 3.29. The number of piperidine rings is 1. The molecular weight excluding hydrogens is 324 g/mol. The lowest BCUT2D eigenvalue weighted by atomic mass is 9.72. The molecule has 1 spiro atoms. The van der Waals surface area contributed by atoms with Gasteiger partial charge in [-0.25, -0.2) is 0 Å². The molecule has 21 heavy (non-hydrogen) atoms. The minimum atomic E-state index is 0.158. The Kier molecular flexibility index (Phi) is 5.50. The lowest BCUT2D eigenvalue weighted by Crippen LogP contribution is -2.42. The number of hydrogen-bond donors (Lipinski definition) is 1. The van der Waals surface area contributed by atoms with Crippen LogP contribution in [0.5, 0.6) is 0 Å². The zero-order valence-electron chi connectivity index (χ0n) is 13.5. The van der Waals surface area contributed by atoms with E-state index in [2.05, 4.69) is 71.7 Å². The van der Waals surface area contributed by atoms with Crippen molar-refractivity contribution in [3.05, 3.63) is 40.5 Å². The van der Waals surface area contributed by atoms with Crippen molar-refractivity contribution in [2.45, 2.75) is 45.4 Å². The van der Waals surface area contributed by atoms with Gasteiger partial charge in [0.05, 0.1) is 0 Å². The van der Waals surface area contributed by atoms with E-state index in [1.165, 1.54) is 49.3 Å². The Bertz CT molecular complexity index is 502. The van der Waals surface area contributed by atoms with Crippen molar-refractivity contribution >= 4 is 21.6 Å². The molecule has 2 aliphatic heterocycles. The fourth-order valence-corrected chi connectivity index (χ4v) is 3.65. The molecule has 1 N–H and O–H groups in total. The SMILES string of the molecule is C=C1Nc2ccc(Br)cc2C12CCN(CC)CC2.CCC. The normalized spacial score (nSPS) is 19.7. The number of likely N-dealkylation sites (tertiary alicyclic amines) is 1. The molecule has 1 aromatic rings. The maximum atomic E-state index is 4.28. The summed E-state index contributed by atoms with van der Waals surface area (Å²) in [5.74, 6) is 0. The van der Waals surface area contributed by atoms with E-state index >= 15 is 0 Å². The van der Waals surface area contributed by atoms with Crippen LogP contribution in [0, 0.1) is 0 Å². The number of halogens is 1. The Morgan fingerprint density at radius 2 is 1.86 bits per heavy atom. The van der Waals surface area contributed by atoms with Gasteiger partial charge in [0.15, 0.2) is 0 Å². The molecule has 0 aliphatic carbocycles. The summed E-state index contributed by atoms with van der Waals surface area (Å²) in [5.41, 5.74) is 4.02. The molecule has 0 bridgehead atoms. The van der Waals surface area contributed by atoms with Crippen LogP contribution in [0.4, 0.5) is 5.69 Å². The number of nitrogens with one attached hydrogen (secondary N) is 1. The maximum absolute atomic E-state index is 4.28. The zero-order chi connectivity index (χ0) is 15.5. The van der Waals surface area contributed by atoms with Gasteiger partial charge in [0.25, 0.3) is 0 Å². The van der Waals surface area contributed by atoms with E-state index < -0.39 is 0 Å². The van der Waals surface area contributed by atoms with Crippen LogP contribution < -0.4 is 5.32 Å². The van der Waals surface area contributed by atoms with Gasteiger partial charge in [0, 0.05) is 21.3 Å². The van der Waals surface area contributed by atoms with Crippen molar-refractivity contribution in [3.8, 4) is 0 Å². The Morgan fingerprint density at radius 1 is 1.24 bits per heavy atom. The summed E-state index contributed by atoms with van der Waals surface area (Å²) in [6.45, 7) is 14.3. The van der Waals surface area contributed by atoms with Gasteiger partial charge < -0.3 is 10.2 Å². The van der Waals surface area contributed by atoms with E-state index in [0.717, 1.165) is 11.0 Å². The number of rotatable bonds is 1. The molecule has 0 aromatic heterocycles.